The molecule has 0 spiro atoms. The van der Waals surface area contributed by atoms with Gasteiger partial charge in [0.05, 0.1) is 25.6 Å². The van der Waals surface area contributed by atoms with E-state index in [1.807, 2.05) is 11.6 Å². The van der Waals surface area contributed by atoms with Gasteiger partial charge in [0.15, 0.2) is 11.5 Å². The number of hydrogen-bond acceptors (Lipinski definition) is 5. The Kier molecular flexibility index (Phi) is 2.83. The van der Waals surface area contributed by atoms with E-state index in [1.165, 1.54) is 0 Å². The van der Waals surface area contributed by atoms with E-state index in [0.717, 1.165) is 17.9 Å². The lowest BCUT2D eigenvalue weighted by Gasteiger charge is -2.34. The minimum absolute atomic E-state index is 0.231. The number of ether oxygens (including phenoxy) is 1. The number of rotatable bonds is 1. The maximum absolute atomic E-state index is 5.97. The lowest BCUT2D eigenvalue weighted by atomic mass is 10.2. The molecule has 0 saturated carbocycles. The molecule has 1 aliphatic heterocycles. The van der Waals surface area contributed by atoms with Gasteiger partial charge in [-0.2, -0.15) is 9.97 Å². The van der Waals surface area contributed by atoms with Crippen LogP contribution in [0.2, 0.25) is 5.28 Å². The molecular formula is C11H14ClN5O. The van der Waals surface area contributed by atoms with Crippen LogP contribution < -0.4 is 4.90 Å². The second kappa shape index (κ2) is 4.37. The molecule has 1 aliphatic rings. The van der Waals surface area contributed by atoms with Crippen LogP contribution >= 0.6 is 11.6 Å². The second-order valence-electron chi connectivity index (χ2n) is 4.46. The van der Waals surface area contributed by atoms with Crippen LogP contribution in [0.3, 0.4) is 0 Å². The molecule has 1 atom stereocenters. The van der Waals surface area contributed by atoms with Crippen LogP contribution in [-0.2, 0) is 11.8 Å². The Morgan fingerprint density at radius 2 is 2.28 bits per heavy atom. The number of hydrogen-bond donors (Lipinski definition) is 0. The number of fused-ring (bicyclic) bond motifs is 1. The van der Waals surface area contributed by atoms with Gasteiger partial charge >= 0.3 is 0 Å². The lowest BCUT2D eigenvalue weighted by molar-refractivity contribution is 0.0986. The van der Waals surface area contributed by atoms with Crippen LogP contribution in [0.4, 0.5) is 5.82 Å². The van der Waals surface area contributed by atoms with Crippen LogP contribution in [0.5, 0.6) is 0 Å². The molecule has 2 aromatic rings. The van der Waals surface area contributed by atoms with Crippen molar-refractivity contribution in [3.63, 3.8) is 0 Å². The van der Waals surface area contributed by atoms with E-state index in [9.17, 15) is 0 Å². The highest BCUT2D eigenvalue weighted by atomic mass is 35.5. The highest BCUT2D eigenvalue weighted by molar-refractivity contribution is 6.28. The van der Waals surface area contributed by atoms with Crippen molar-refractivity contribution in [3.8, 4) is 0 Å². The molecule has 1 fully saturated rings. The number of imidazole rings is 1. The Morgan fingerprint density at radius 1 is 1.44 bits per heavy atom. The average molecular weight is 268 g/mol. The third kappa shape index (κ3) is 1.81. The monoisotopic (exact) mass is 267 g/mol. The van der Waals surface area contributed by atoms with Crippen LogP contribution in [0.15, 0.2) is 6.33 Å². The predicted octanol–water partition coefficient (Wildman–Crippen LogP) is 1.24. The van der Waals surface area contributed by atoms with Crippen molar-refractivity contribution in [3.05, 3.63) is 11.6 Å². The Morgan fingerprint density at radius 3 is 3.06 bits per heavy atom. The van der Waals surface area contributed by atoms with Gasteiger partial charge in [-0.25, -0.2) is 4.98 Å². The fourth-order valence-electron chi connectivity index (χ4n) is 2.25. The smallest absolute Gasteiger partial charge is 0.226 e. The van der Waals surface area contributed by atoms with E-state index >= 15 is 0 Å². The van der Waals surface area contributed by atoms with Gasteiger partial charge in [-0.15, -0.1) is 0 Å². The molecule has 3 rings (SSSR count). The van der Waals surface area contributed by atoms with Crippen molar-refractivity contribution >= 4 is 28.6 Å². The summed E-state index contributed by atoms with van der Waals surface area (Å²) in [5.41, 5.74) is 1.54. The van der Waals surface area contributed by atoms with E-state index in [2.05, 4.69) is 26.8 Å². The molecule has 96 valence electrons. The van der Waals surface area contributed by atoms with E-state index in [4.69, 9.17) is 16.3 Å². The van der Waals surface area contributed by atoms with Gasteiger partial charge in [-0.3, -0.25) is 0 Å². The SMILES string of the molecule is CC1COCCN1c1nc(Cl)nc2ncn(C)c12. The van der Waals surface area contributed by atoms with Gasteiger partial charge in [0.1, 0.15) is 5.52 Å². The van der Waals surface area contributed by atoms with Gasteiger partial charge in [-0.05, 0) is 18.5 Å². The third-order valence-electron chi connectivity index (χ3n) is 3.17. The maximum atomic E-state index is 5.97. The van der Waals surface area contributed by atoms with E-state index in [0.29, 0.717) is 18.9 Å². The van der Waals surface area contributed by atoms with Gasteiger partial charge < -0.3 is 14.2 Å². The Labute approximate surface area is 110 Å². The maximum Gasteiger partial charge on any atom is 0.226 e. The van der Waals surface area contributed by atoms with E-state index in [-0.39, 0.29) is 11.3 Å². The van der Waals surface area contributed by atoms with Crippen molar-refractivity contribution in [2.24, 2.45) is 7.05 Å². The van der Waals surface area contributed by atoms with Crippen molar-refractivity contribution in [2.75, 3.05) is 24.7 Å². The molecule has 7 heteroatoms. The summed E-state index contributed by atoms with van der Waals surface area (Å²) in [6, 6.07) is 0.266. The van der Waals surface area contributed by atoms with Crippen molar-refractivity contribution < 1.29 is 4.74 Å². The summed E-state index contributed by atoms with van der Waals surface area (Å²) in [5, 5.41) is 0.231. The number of aryl methyl sites for hydroxylation is 1. The van der Waals surface area contributed by atoms with Crippen molar-refractivity contribution in [2.45, 2.75) is 13.0 Å². The zero-order chi connectivity index (χ0) is 12.7. The van der Waals surface area contributed by atoms with E-state index < -0.39 is 0 Å². The standard InChI is InChI=1S/C11H14ClN5O/c1-7-5-18-4-3-17(7)10-8-9(13-6-16(8)2)14-11(12)15-10/h6-7H,3-5H2,1-2H3. The van der Waals surface area contributed by atoms with Crippen molar-refractivity contribution in [1.29, 1.82) is 0 Å². The Hall–Kier alpha value is -1.40. The number of halogens is 1. The Balaban J connectivity index is 2.17. The molecule has 0 radical (unpaired) electrons. The number of anilines is 1. The molecule has 0 N–H and O–H groups in total. The summed E-state index contributed by atoms with van der Waals surface area (Å²) < 4.78 is 7.37. The predicted molar refractivity (Wildman–Crippen MR) is 68.9 cm³/mol. The van der Waals surface area contributed by atoms with Crippen LogP contribution in [0.1, 0.15) is 6.92 Å². The summed E-state index contributed by atoms with van der Waals surface area (Å²) >= 11 is 5.97. The largest absolute Gasteiger partial charge is 0.377 e. The molecule has 0 bridgehead atoms. The normalized spacial score (nSPS) is 20.6. The highest BCUT2D eigenvalue weighted by Gasteiger charge is 2.24. The molecule has 18 heavy (non-hydrogen) atoms. The summed E-state index contributed by atoms with van der Waals surface area (Å²) in [6.07, 6.45) is 1.73. The van der Waals surface area contributed by atoms with Crippen LogP contribution in [0, 0.1) is 0 Å². The summed E-state index contributed by atoms with van der Waals surface area (Å²) in [6.45, 7) is 4.30. The molecule has 0 aliphatic carbocycles. The van der Waals surface area contributed by atoms with E-state index in [1.54, 1.807) is 6.33 Å². The molecule has 0 amide bonds. The van der Waals surface area contributed by atoms with Gasteiger partial charge in [0.2, 0.25) is 5.28 Å². The van der Waals surface area contributed by atoms with Gasteiger partial charge in [-0.1, -0.05) is 0 Å². The fraction of sp³-hybridized carbons (Fsp3) is 0.545. The molecular weight excluding hydrogens is 254 g/mol. The zero-order valence-corrected chi connectivity index (χ0v) is 11.1. The van der Waals surface area contributed by atoms with Crippen LogP contribution in [-0.4, -0.2) is 45.3 Å². The minimum Gasteiger partial charge on any atom is -0.377 e. The number of nitrogens with zero attached hydrogens (tertiary/aromatic N) is 5. The third-order valence-corrected chi connectivity index (χ3v) is 3.33. The van der Waals surface area contributed by atoms with Gasteiger partial charge in [0.25, 0.3) is 0 Å². The van der Waals surface area contributed by atoms with Crippen molar-refractivity contribution in [1.82, 2.24) is 19.5 Å². The molecule has 2 aromatic heterocycles. The first-order chi connectivity index (χ1) is 8.66. The first-order valence-electron chi connectivity index (χ1n) is 5.86. The number of aromatic nitrogens is 4. The first kappa shape index (κ1) is 11.7. The summed E-state index contributed by atoms with van der Waals surface area (Å²) in [7, 11) is 1.93. The molecule has 1 saturated heterocycles. The zero-order valence-electron chi connectivity index (χ0n) is 10.3. The molecule has 0 aromatic carbocycles. The average Bonchev–Trinajstić information content (AvgIpc) is 2.71. The molecule has 6 nitrogen and oxygen atoms in total. The number of morpholine rings is 1. The lowest BCUT2D eigenvalue weighted by Crippen LogP contribution is -2.44. The minimum atomic E-state index is 0.231. The summed E-state index contributed by atoms with van der Waals surface area (Å²) in [5.74, 6) is 0.834. The second-order valence-corrected chi connectivity index (χ2v) is 4.80. The Bertz CT molecular complexity index is 584. The fourth-order valence-corrected chi connectivity index (χ4v) is 2.41. The quantitative estimate of drug-likeness (QED) is 0.728. The topological polar surface area (TPSA) is 56.1 Å². The van der Waals surface area contributed by atoms with Gasteiger partial charge in [0, 0.05) is 13.6 Å². The molecule has 3 heterocycles. The highest BCUT2D eigenvalue weighted by Crippen LogP contribution is 2.26. The first-order valence-corrected chi connectivity index (χ1v) is 6.23. The summed E-state index contributed by atoms with van der Waals surface area (Å²) in [4.78, 5) is 14.9. The van der Waals surface area contributed by atoms with Crippen LogP contribution in [0.25, 0.3) is 11.2 Å². The molecule has 1 unspecified atom stereocenters.